The Kier molecular flexibility index (Phi) is 6.42. The number of carbonyl (C=O) groups excluding carboxylic acids is 2. The predicted octanol–water partition coefficient (Wildman–Crippen LogP) is 1.50. The number of carbonyl (C=O) groups is 2. The van der Waals surface area contributed by atoms with E-state index in [0.29, 0.717) is 16.9 Å². The number of methoxy groups -OCH3 is 1. The number of hydrogen-bond acceptors (Lipinski definition) is 5. The van der Waals surface area contributed by atoms with E-state index in [0.717, 1.165) is 0 Å². The molecule has 2 rings (SSSR count). The van der Waals surface area contributed by atoms with Crippen molar-refractivity contribution in [3.63, 3.8) is 0 Å². The van der Waals surface area contributed by atoms with Gasteiger partial charge in [-0.1, -0.05) is 12.1 Å². The lowest BCUT2D eigenvalue weighted by atomic mass is 10.0. The summed E-state index contributed by atoms with van der Waals surface area (Å²) in [6, 6.07) is 8.33. The monoisotopic (exact) mass is 375 g/mol. The molecule has 0 saturated heterocycles. The number of nitrogens with zero attached hydrogens (tertiary/aromatic N) is 1. The number of primary amides is 1. The van der Waals surface area contributed by atoms with Crippen molar-refractivity contribution in [1.29, 1.82) is 0 Å². The molecule has 3 N–H and O–H groups in total. The second-order valence-electron chi connectivity index (χ2n) is 5.79. The summed E-state index contributed by atoms with van der Waals surface area (Å²) < 4.78 is 18.4. The first-order valence-corrected chi connectivity index (χ1v) is 7.94. The van der Waals surface area contributed by atoms with E-state index in [-0.39, 0.29) is 18.5 Å². The molecule has 0 radical (unpaired) electrons. The summed E-state index contributed by atoms with van der Waals surface area (Å²) >= 11 is 0. The Morgan fingerprint density at radius 1 is 1.30 bits per heavy atom. The minimum atomic E-state index is -1.11. The molecular weight excluding hydrogens is 357 g/mol. The molecule has 0 fully saturated rings. The van der Waals surface area contributed by atoms with Gasteiger partial charge >= 0.3 is 0 Å². The van der Waals surface area contributed by atoms with E-state index in [4.69, 9.17) is 10.5 Å². The molecular formula is C18H18FN3O5. The fraction of sp³-hybridized carbons (Fsp3) is 0.222. The van der Waals surface area contributed by atoms with Gasteiger partial charge in [0.1, 0.15) is 17.6 Å². The smallest absolute Gasteiger partial charge is 0.269 e. The molecule has 0 aliphatic carbocycles. The molecule has 8 nitrogen and oxygen atoms in total. The Morgan fingerprint density at radius 2 is 2.04 bits per heavy atom. The van der Waals surface area contributed by atoms with Gasteiger partial charge in [-0.3, -0.25) is 19.7 Å². The van der Waals surface area contributed by atoms with Crippen molar-refractivity contribution in [1.82, 2.24) is 5.32 Å². The quantitative estimate of drug-likeness (QED) is 0.534. The third-order valence-corrected chi connectivity index (χ3v) is 3.83. The topological polar surface area (TPSA) is 125 Å². The van der Waals surface area contributed by atoms with Crippen LogP contribution in [0.3, 0.4) is 0 Å². The number of hydrogen-bond donors (Lipinski definition) is 2. The van der Waals surface area contributed by atoms with Crippen molar-refractivity contribution in [3.8, 4) is 5.75 Å². The van der Waals surface area contributed by atoms with Gasteiger partial charge in [-0.15, -0.1) is 0 Å². The molecule has 142 valence electrons. The Hall–Kier alpha value is -3.49. The van der Waals surface area contributed by atoms with Gasteiger partial charge in [-0.2, -0.15) is 0 Å². The molecule has 0 unspecified atom stereocenters. The van der Waals surface area contributed by atoms with Crippen molar-refractivity contribution in [2.24, 2.45) is 5.73 Å². The van der Waals surface area contributed by atoms with Crippen LogP contribution in [0.25, 0.3) is 0 Å². The maximum Gasteiger partial charge on any atom is 0.269 e. The van der Waals surface area contributed by atoms with Crippen LogP contribution in [-0.4, -0.2) is 29.9 Å². The molecule has 0 bridgehead atoms. The number of non-ortho nitro benzene ring substituents is 1. The molecule has 27 heavy (non-hydrogen) atoms. The van der Waals surface area contributed by atoms with Crippen LogP contribution in [0.1, 0.15) is 11.1 Å². The van der Waals surface area contributed by atoms with E-state index in [1.54, 1.807) is 6.07 Å². The number of benzene rings is 2. The standard InChI is InChI=1S/C18H18FN3O5/c1-27-16-6-5-14(22(25)26)9-12(16)10-15(18(20)24)21-17(23)8-11-3-2-4-13(19)7-11/h2-7,9,15H,8,10H2,1H3,(H2,20,24)(H,21,23)/t15-/m1/s1. The zero-order chi connectivity index (χ0) is 20.0. The first kappa shape index (κ1) is 19.8. The van der Waals surface area contributed by atoms with Crippen molar-refractivity contribution >= 4 is 17.5 Å². The molecule has 0 aromatic heterocycles. The Morgan fingerprint density at radius 3 is 2.63 bits per heavy atom. The van der Waals surface area contributed by atoms with Crippen molar-refractivity contribution in [2.75, 3.05) is 7.11 Å². The zero-order valence-electron chi connectivity index (χ0n) is 14.5. The fourth-order valence-electron chi connectivity index (χ4n) is 2.56. The van der Waals surface area contributed by atoms with E-state index in [2.05, 4.69) is 5.32 Å². The lowest BCUT2D eigenvalue weighted by Gasteiger charge is -2.17. The van der Waals surface area contributed by atoms with Crippen LogP contribution in [0.5, 0.6) is 5.75 Å². The molecule has 2 aromatic rings. The highest BCUT2D eigenvalue weighted by molar-refractivity contribution is 5.87. The van der Waals surface area contributed by atoms with Gasteiger partial charge in [0.2, 0.25) is 11.8 Å². The molecule has 1 atom stereocenters. The third kappa shape index (κ3) is 5.50. The lowest BCUT2D eigenvalue weighted by molar-refractivity contribution is -0.384. The van der Waals surface area contributed by atoms with Gasteiger partial charge in [-0.05, 0) is 23.8 Å². The largest absolute Gasteiger partial charge is 0.496 e. The highest BCUT2D eigenvalue weighted by Gasteiger charge is 2.22. The normalized spacial score (nSPS) is 11.5. The minimum absolute atomic E-state index is 0.0882. The molecule has 2 aromatic carbocycles. The SMILES string of the molecule is COc1ccc([N+](=O)[O-])cc1C[C@@H](NC(=O)Cc1cccc(F)c1)C(N)=O. The Balaban J connectivity index is 2.16. The van der Waals surface area contributed by atoms with Crippen LogP contribution in [0.2, 0.25) is 0 Å². The van der Waals surface area contributed by atoms with Gasteiger partial charge in [-0.25, -0.2) is 4.39 Å². The summed E-state index contributed by atoms with van der Waals surface area (Å²) in [6.45, 7) is 0. The van der Waals surface area contributed by atoms with Gasteiger partial charge in [0.15, 0.2) is 0 Å². The number of nitrogens with one attached hydrogen (secondary N) is 1. The second kappa shape index (κ2) is 8.75. The minimum Gasteiger partial charge on any atom is -0.496 e. The number of nitro benzene ring substituents is 1. The van der Waals surface area contributed by atoms with E-state index in [1.165, 1.54) is 43.5 Å². The summed E-state index contributed by atoms with van der Waals surface area (Å²) in [5.41, 5.74) is 5.95. The highest BCUT2D eigenvalue weighted by atomic mass is 19.1. The predicted molar refractivity (Wildman–Crippen MR) is 94.6 cm³/mol. The number of ether oxygens (including phenoxy) is 1. The van der Waals surface area contributed by atoms with Gasteiger partial charge in [0, 0.05) is 24.1 Å². The van der Waals surface area contributed by atoms with E-state index >= 15 is 0 Å². The second-order valence-corrected chi connectivity index (χ2v) is 5.79. The maximum absolute atomic E-state index is 13.2. The molecule has 0 heterocycles. The first-order valence-electron chi connectivity index (χ1n) is 7.94. The van der Waals surface area contributed by atoms with Crippen LogP contribution >= 0.6 is 0 Å². The van der Waals surface area contributed by atoms with Gasteiger partial charge < -0.3 is 15.8 Å². The Bertz CT molecular complexity index is 872. The van der Waals surface area contributed by atoms with E-state index in [1.807, 2.05) is 0 Å². The zero-order valence-corrected chi connectivity index (χ0v) is 14.5. The van der Waals surface area contributed by atoms with Crippen molar-refractivity contribution in [3.05, 3.63) is 69.5 Å². The maximum atomic E-state index is 13.2. The third-order valence-electron chi connectivity index (χ3n) is 3.83. The number of nitro groups is 1. The summed E-state index contributed by atoms with van der Waals surface area (Å²) in [5, 5.41) is 13.4. The highest BCUT2D eigenvalue weighted by Crippen LogP contribution is 2.25. The van der Waals surface area contributed by atoms with Crippen LogP contribution in [0.15, 0.2) is 42.5 Å². The van der Waals surface area contributed by atoms with Gasteiger partial charge in [0.05, 0.1) is 18.5 Å². The average molecular weight is 375 g/mol. The molecule has 0 saturated carbocycles. The molecule has 9 heteroatoms. The molecule has 0 aliphatic heterocycles. The van der Waals surface area contributed by atoms with Crippen LogP contribution in [-0.2, 0) is 22.4 Å². The molecule has 0 spiro atoms. The summed E-state index contributed by atoms with van der Waals surface area (Å²) in [7, 11) is 1.38. The van der Waals surface area contributed by atoms with Crippen molar-refractivity contribution < 1.29 is 23.6 Å². The van der Waals surface area contributed by atoms with E-state index < -0.39 is 28.6 Å². The number of halogens is 1. The van der Waals surface area contributed by atoms with Gasteiger partial charge in [0.25, 0.3) is 5.69 Å². The fourth-order valence-corrected chi connectivity index (χ4v) is 2.56. The van der Waals surface area contributed by atoms with Crippen LogP contribution < -0.4 is 15.8 Å². The van der Waals surface area contributed by atoms with Crippen LogP contribution in [0.4, 0.5) is 10.1 Å². The summed E-state index contributed by atoms with van der Waals surface area (Å²) in [6.07, 6.45) is -0.233. The van der Waals surface area contributed by atoms with Crippen molar-refractivity contribution in [2.45, 2.75) is 18.9 Å². The lowest BCUT2D eigenvalue weighted by Crippen LogP contribution is -2.46. The first-order chi connectivity index (χ1) is 12.8. The summed E-state index contributed by atoms with van der Waals surface area (Å²) in [5.74, 6) is -1.50. The van der Waals surface area contributed by atoms with E-state index in [9.17, 15) is 24.1 Å². The number of nitrogens with two attached hydrogens (primary N) is 1. The van der Waals surface area contributed by atoms with Crippen LogP contribution in [0, 0.1) is 15.9 Å². The number of rotatable bonds is 8. The Labute approximate surface area is 154 Å². The average Bonchev–Trinajstić information content (AvgIpc) is 2.60. The summed E-state index contributed by atoms with van der Waals surface area (Å²) in [4.78, 5) is 34.3. The molecule has 2 amide bonds. The molecule has 0 aliphatic rings. The number of amides is 2.